The third-order valence-corrected chi connectivity index (χ3v) is 6.47. The molecule has 0 saturated carbocycles. The van der Waals surface area contributed by atoms with Crippen LogP contribution in [0.3, 0.4) is 0 Å². The number of thiophene rings is 2. The number of esters is 1. The fourth-order valence-electron chi connectivity index (χ4n) is 1.65. The third kappa shape index (κ3) is 5.02. The van der Waals surface area contributed by atoms with Crippen LogP contribution in [0.4, 0.5) is 0 Å². The summed E-state index contributed by atoms with van der Waals surface area (Å²) in [5, 5.41) is 6.28. The molecule has 2 heterocycles. The van der Waals surface area contributed by atoms with Gasteiger partial charge in [-0.05, 0) is 18.2 Å². The van der Waals surface area contributed by atoms with Crippen molar-refractivity contribution in [2.45, 2.75) is 10.8 Å². The lowest BCUT2D eigenvalue weighted by atomic mass is 10.3. The molecule has 0 fully saturated rings. The van der Waals surface area contributed by atoms with E-state index in [9.17, 15) is 18.0 Å². The van der Waals surface area contributed by atoms with Gasteiger partial charge in [0.1, 0.15) is 4.21 Å². The average Bonchev–Trinajstić information content (AvgIpc) is 3.13. The summed E-state index contributed by atoms with van der Waals surface area (Å²) in [4.78, 5) is 26.1. The Bertz CT molecular complexity index is 859. The number of hydrogen-bond acceptors (Lipinski definition) is 7. The first-order chi connectivity index (χ1) is 11.2. The number of carbonyl (C=O) groups is 2. The molecule has 0 aliphatic carbocycles. The molecular formula is C13H13ClN2O5S3. The topological polar surface area (TPSA) is 107 Å². The maximum absolute atomic E-state index is 12.0. The predicted molar refractivity (Wildman–Crippen MR) is 91.8 cm³/mol. The van der Waals surface area contributed by atoms with Crippen molar-refractivity contribution in [1.82, 2.24) is 4.90 Å². The first kappa shape index (κ1) is 18.9. The maximum atomic E-state index is 12.0. The van der Waals surface area contributed by atoms with E-state index in [0.717, 1.165) is 22.3 Å². The van der Waals surface area contributed by atoms with E-state index >= 15 is 0 Å². The Balaban J connectivity index is 1.88. The van der Waals surface area contributed by atoms with Crippen molar-refractivity contribution in [3.05, 3.63) is 38.4 Å². The highest BCUT2D eigenvalue weighted by Crippen LogP contribution is 2.22. The van der Waals surface area contributed by atoms with Crippen LogP contribution in [0.15, 0.2) is 27.8 Å². The number of likely N-dealkylation sites (N-methyl/N-ethyl adjacent to an activating group) is 1. The summed E-state index contributed by atoms with van der Waals surface area (Å²) < 4.78 is 27.7. The number of ether oxygens (including phenoxy) is 1. The molecule has 0 radical (unpaired) electrons. The summed E-state index contributed by atoms with van der Waals surface area (Å²) in [5.41, 5.74) is 0.0320. The van der Waals surface area contributed by atoms with Gasteiger partial charge in [0.15, 0.2) is 6.61 Å². The molecular weight excluding hydrogens is 396 g/mol. The van der Waals surface area contributed by atoms with E-state index in [2.05, 4.69) is 0 Å². The summed E-state index contributed by atoms with van der Waals surface area (Å²) in [6.45, 7) is -0.100. The molecule has 130 valence electrons. The second-order valence-electron chi connectivity index (χ2n) is 4.73. The molecule has 0 unspecified atom stereocenters. The quantitative estimate of drug-likeness (QED) is 0.735. The van der Waals surface area contributed by atoms with Crippen LogP contribution in [0, 0.1) is 0 Å². The number of hydrogen-bond donors (Lipinski definition) is 1. The van der Waals surface area contributed by atoms with Crippen LogP contribution in [-0.2, 0) is 26.1 Å². The number of nitrogens with two attached hydrogens (primary N) is 1. The second-order valence-corrected chi connectivity index (χ2v) is 9.23. The molecule has 2 aromatic rings. The van der Waals surface area contributed by atoms with Gasteiger partial charge in [0.05, 0.1) is 16.4 Å². The minimum Gasteiger partial charge on any atom is -0.452 e. The molecule has 0 saturated heterocycles. The SMILES string of the molecule is CN(Cc1ccc(Cl)s1)C(=O)COC(=O)c1csc(S(N)(=O)=O)c1. The van der Waals surface area contributed by atoms with Gasteiger partial charge in [-0.15, -0.1) is 22.7 Å². The first-order valence-electron chi connectivity index (χ1n) is 6.43. The summed E-state index contributed by atoms with van der Waals surface area (Å²) in [6, 6.07) is 4.66. The molecule has 0 aliphatic rings. The van der Waals surface area contributed by atoms with E-state index in [-0.39, 0.29) is 9.77 Å². The van der Waals surface area contributed by atoms with Crippen LogP contribution in [-0.4, -0.2) is 38.8 Å². The summed E-state index contributed by atoms with van der Waals surface area (Å²) in [6.07, 6.45) is 0. The Kier molecular flexibility index (Phi) is 5.99. The maximum Gasteiger partial charge on any atom is 0.339 e. The molecule has 24 heavy (non-hydrogen) atoms. The van der Waals surface area contributed by atoms with Crippen LogP contribution in [0.5, 0.6) is 0 Å². The van der Waals surface area contributed by atoms with Crippen molar-refractivity contribution in [3.63, 3.8) is 0 Å². The predicted octanol–water partition coefficient (Wildman–Crippen LogP) is 1.93. The lowest BCUT2D eigenvalue weighted by Gasteiger charge is -2.15. The smallest absolute Gasteiger partial charge is 0.339 e. The Labute approximate surface area is 151 Å². The molecule has 11 heteroatoms. The lowest BCUT2D eigenvalue weighted by molar-refractivity contribution is -0.133. The lowest BCUT2D eigenvalue weighted by Crippen LogP contribution is -2.30. The highest BCUT2D eigenvalue weighted by molar-refractivity contribution is 7.91. The number of halogens is 1. The molecule has 0 bridgehead atoms. The highest BCUT2D eigenvalue weighted by Gasteiger charge is 2.18. The van der Waals surface area contributed by atoms with Crippen LogP contribution in [0.1, 0.15) is 15.2 Å². The van der Waals surface area contributed by atoms with Crippen molar-refractivity contribution in [2.75, 3.05) is 13.7 Å². The molecule has 0 atom stereocenters. The molecule has 7 nitrogen and oxygen atoms in total. The normalized spacial score (nSPS) is 11.3. The van der Waals surface area contributed by atoms with Crippen molar-refractivity contribution in [3.8, 4) is 0 Å². The molecule has 1 amide bonds. The number of amides is 1. The van der Waals surface area contributed by atoms with E-state index in [0.29, 0.717) is 10.9 Å². The average molecular weight is 409 g/mol. The largest absolute Gasteiger partial charge is 0.452 e. The van der Waals surface area contributed by atoms with Gasteiger partial charge in [-0.1, -0.05) is 11.6 Å². The van der Waals surface area contributed by atoms with Crippen LogP contribution in [0.25, 0.3) is 0 Å². The number of rotatable bonds is 6. The van der Waals surface area contributed by atoms with Gasteiger partial charge in [-0.25, -0.2) is 18.4 Å². The van der Waals surface area contributed by atoms with E-state index in [1.807, 2.05) is 6.07 Å². The Morgan fingerprint density at radius 1 is 1.38 bits per heavy atom. The van der Waals surface area contributed by atoms with Crippen molar-refractivity contribution < 1.29 is 22.7 Å². The molecule has 2 aromatic heterocycles. The Morgan fingerprint density at radius 2 is 2.08 bits per heavy atom. The van der Waals surface area contributed by atoms with E-state index in [4.69, 9.17) is 21.5 Å². The van der Waals surface area contributed by atoms with E-state index in [1.54, 1.807) is 13.1 Å². The van der Waals surface area contributed by atoms with Gasteiger partial charge in [0, 0.05) is 17.3 Å². The summed E-state index contributed by atoms with van der Waals surface area (Å²) in [5.74, 6) is -1.18. The zero-order chi connectivity index (χ0) is 17.9. The number of primary sulfonamides is 1. The number of carbonyl (C=O) groups excluding carboxylic acids is 2. The van der Waals surface area contributed by atoms with E-state index < -0.39 is 28.5 Å². The number of sulfonamides is 1. The molecule has 2 rings (SSSR count). The minimum absolute atomic E-state index is 0.0320. The summed E-state index contributed by atoms with van der Waals surface area (Å²) >= 11 is 7.99. The van der Waals surface area contributed by atoms with E-state index in [1.165, 1.54) is 21.6 Å². The molecule has 0 aromatic carbocycles. The van der Waals surface area contributed by atoms with Gasteiger partial charge in [0.2, 0.25) is 10.0 Å². The van der Waals surface area contributed by atoms with Gasteiger partial charge >= 0.3 is 5.97 Å². The monoisotopic (exact) mass is 408 g/mol. The zero-order valence-electron chi connectivity index (χ0n) is 12.4. The fourth-order valence-corrected chi connectivity index (χ4v) is 4.37. The molecule has 0 aliphatic heterocycles. The van der Waals surface area contributed by atoms with Crippen molar-refractivity contribution >= 4 is 56.2 Å². The highest BCUT2D eigenvalue weighted by atomic mass is 35.5. The zero-order valence-corrected chi connectivity index (χ0v) is 15.6. The Morgan fingerprint density at radius 3 is 2.62 bits per heavy atom. The van der Waals surface area contributed by atoms with Crippen LogP contribution >= 0.6 is 34.3 Å². The number of nitrogens with zero attached hydrogens (tertiary/aromatic N) is 1. The second kappa shape index (κ2) is 7.62. The van der Waals surface area contributed by atoms with Crippen LogP contribution < -0.4 is 5.14 Å². The summed E-state index contributed by atoms with van der Waals surface area (Å²) in [7, 11) is -2.29. The van der Waals surface area contributed by atoms with Gasteiger partial charge < -0.3 is 9.64 Å². The third-order valence-electron chi connectivity index (χ3n) is 2.87. The van der Waals surface area contributed by atoms with Crippen molar-refractivity contribution in [1.29, 1.82) is 0 Å². The fraction of sp³-hybridized carbons (Fsp3) is 0.231. The molecule has 0 spiro atoms. The van der Waals surface area contributed by atoms with Crippen molar-refractivity contribution in [2.24, 2.45) is 5.14 Å². The molecule has 2 N–H and O–H groups in total. The van der Waals surface area contributed by atoms with Gasteiger partial charge in [-0.3, -0.25) is 4.79 Å². The Hall–Kier alpha value is -1.46. The first-order valence-corrected chi connectivity index (χ1v) is 10.1. The van der Waals surface area contributed by atoms with Gasteiger partial charge in [0.25, 0.3) is 5.91 Å². The minimum atomic E-state index is -3.87. The van der Waals surface area contributed by atoms with Crippen LogP contribution in [0.2, 0.25) is 4.34 Å². The standard InChI is InChI=1S/C13H13ClN2O5S3/c1-16(5-9-2-3-10(14)23-9)11(17)6-21-13(18)8-4-12(22-7-8)24(15,19)20/h2-4,7H,5-6H2,1H3,(H2,15,19,20). The van der Waals surface area contributed by atoms with Gasteiger partial charge in [-0.2, -0.15) is 0 Å².